The van der Waals surface area contributed by atoms with Gasteiger partial charge in [-0.05, 0) is 30.6 Å². The Labute approximate surface area is 116 Å². The molecule has 2 rings (SSSR count). The summed E-state index contributed by atoms with van der Waals surface area (Å²) in [7, 11) is 0. The second-order valence-corrected chi connectivity index (χ2v) is 4.51. The third-order valence-electron chi connectivity index (χ3n) is 2.29. The molecule has 0 radical (unpaired) electrons. The van der Waals surface area contributed by atoms with Crippen LogP contribution in [0.1, 0.15) is 15.4 Å². The van der Waals surface area contributed by atoms with Crippen molar-refractivity contribution in [1.29, 1.82) is 0 Å². The van der Waals surface area contributed by atoms with Gasteiger partial charge in [0.15, 0.2) is 0 Å². The quantitative estimate of drug-likeness (QED) is 0.731. The van der Waals surface area contributed by atoms with Crippen molar-refractivity contribution >= 4 is 29.2 Å². The number of nitrogens with one attached hydrogen (secondary N) is 2. The number of carbonyl (C=O) groups is 2. The molecule has 3 N–H and O–H groups in total. The average molecular weight is 296 g/mol. The monoisotopic (exact) mass is 296 g/mol. The maximum atomic E-state index is 13.4. The van der Waals surface area contributed by atoms with Crippen LogP contribution in [0.25, 0.3) is 0 Å². The Morgan fingerprint density at radius 1 is 1.40 bits per heavy atom. The van der Waals surface area contributed by atoms with Gasteiger partial charge in [-0.25, -0.2) is 9.18 Å². The molecule has 9 heteroatoms. The fourth-order valence-corrected chi connectivity index (χ4v) is 1.91. The zero-order chi connectivity index (χ0) is 14.7. The molecule has 2 aromatic rings. The van der Waals surface area contributed by atoms with Crippen molar-refractivity contribution in [2.45, 2.75) is 6.92 Å². The van der Waals surface area contributed by atoms with Crippen molar-refractivity contribution < 1.29 is 19.1 Å². The molecular formula is C11H9FN4O3S. The standard InChI is InChI=1S/C11H9FN4O3S/c1-5-9(20-16-15-5)10(18)14-11(19)13-8-3-2-6(17)4-7(8)12/h2-4,17H,1H3,(H2,13,14,18,19). The topological polar surface area (TPSA) is 104 Å². The van der Waals surface area contributed by atoms with Crippen molar-refractivity contribution in [2.24, 2.45) is 0 Å². The van der Waals surface area contributed by atoms with Gasteiger partial charge in [-0.2, -0.15) is 0 Å². The minimum absolute atomic E-state index is 0.160. The van der Waals surface area contributed by atoms with Crippen molar-refractivity contribution in [3.8, 4) is 5.75 Å². The number of anilines is 1. The predicted molar refractivity (Wildman–Crippen MR) is 69.2 cm³/mol. The van der Waals surface area contributed by atoms with E-state index in [-0.39, 0.29) is 16.3 Å². The summed E-state index contributed by atoms with van der Waals surface area (Å²) >= 11 is 0.851. The zero-order valence-electron chi connectivity index (χ0n) is 10.2. The summed E-state index contributed by atoms with van der Waals surface area (Å²) in [6, 6.07) is 2.33. The summed E-state index contributed by atoms with van der Waals surface area (Å²) < 4.78 is 16.9. The number of phenolic OH excluding ortho intramolecular Hbond substituents is 1. The molecular weight excluding hydrogens is 287 g/mol. The average Bonchev–Trinajstić information content (AvgIpc) is 2.79. The Kier molecular flexibility index (Phi) is 3.89. The number of hydrogen-bond acceptors (Lipinski definition) is 6. The molecule has 0 fully saturated rings. The minimum Gasteiger partial charge on any atom is -0.508 e. The van der Waals surface area contributed by atoms with E-state index in [1.54, 1.807) is 6.92 Å². The lowest BCUT2D eigenvalue weighted by atomic mass is 10.3. The predicted octanol–water partition coefficient (Wildman–Crippen LogP) is 1.65. The van der Waals surface area contributed by atoms with Crippen LogP contribution in [0.4, 0.5) is 14.9 Å². The second-order valence-electron chi connectivity index (χ2n) is 3.76. The first-order valence-corrected chi connectivity index (χ1v) is 6.14. The highest BCUT2D eigenvalue weighted by molar-refractivity contribution is 7.08. The van der Waals surface area contributed by atoms with Gasteiger partial charge in [-0.15, -0.1) is 5.10 Å². The number of phenols is 1. The molecule has 0 aliphatic heterocycles. The first kappa shape index (κ1) is 13.9. The van der Waals surface area contributed by atoms with E-state index in [9.17, 15) is 14.0 Å². The number of aromatic nitrogens is 2. The van der Waals surface area contributed by atoms with Crippen molar-refractivity contribution in [2.75, 3.05) is 5.32 Å². The largest absolute Gasteiger partial charge is 0.508 e. The number of nitrogens with zero attached hydrogens (tertiary/aromatic N) is 2. The number of hydrogen-bond donors (Lipinski definition) is 3. The number of aryl methyl sites for hydroxylation is 1. The Hall–Kier alpha value is -2.55. The lowest BCUT2D eigenvalue weighted by Crippen LogP contribution is -2.34. The molecule has 0 unspecified atom stereocenters. The molecule has 0 saturated carbocycles. The minimum atomic E-state index is -0.896. The molecule has 0 aliphatic carbocycles. The van der Waals surface area contributed by atoms with E-state index in [1.807, 2.05) is 5.32 Å². The van der Waals surface area contributed by atoms with Crippen LogP contribution < -0.4 is 10.6 Å². The van der Waals surface area contributed by atoms with Crippen LogP contribution in [0, 0.1) is 12.7 Å². The number of rotatable bonds is 2. The fraction of sp³-hybridized carbons (Fsp3) is 0.0909. The summed E-state index contributed by atoms with van der Waals surface area (Å²) in [6.45, 7) is 1.58. The molecule has 0 bridgehead atoms. The number of carbonyl (C=O) groups excluding carboxylic acids is 2. The van der Waals surface area contributed by atoms with Crippen LogP contribution in [-0.4, -0.2) is 26.6 Å². The van der Waals surface area contributed by atoms with Crippen LogP contribution in [0.3, 0.4) is 0 Å². The van der Waals surface area contributed by atoms with Gasteiger partial charge in [0.25, 0.3) is 5.91 Å². The van der Waals surface area contributed by atoms with E-state index >= 15 is 0 Å². The third kappa shape index (κ3) is 3.06. The SMILES string of the molecule is Cc1nnsc1C(=O)NC(=O)Nc1ccc(O)cc1F. The molecule has 1 heterocycles. The first-order chi connectivity index (χ1) is 9.47. The molecule has 0 saturated heterocycles. The normalized spacial score (nSPS) is 10.1. The third-order valence-corrected chi connectivity index (χ3v) is 3.11. The van der Waals surface area contributed by atoms with Crippen molar-refractivity contribution in [3.63, 3.8) is 0 Å². The van der Waals surface area contributed by atoms with Gasteiger partial charge in [-0.3, -0.25) is 10.1 Å². The van der Waals surface area contributed by atoms with Gasteiger partial charge in [-0.1, -0.05) is 4.49 Å². The van der Waals surface area contributed by atoms with Gasteiger partial charge in [0.2, 0.25) is 0 Å². The molecule has 1 aromatic heterocycles. The number of benzene rings is 1. The van der Waals surface area contributed by atoms with Crippen molar-refractivity contribution in [3.05, 3.63) is 34.6 Å². The van der Waals surface area contributed by atoms with Gasteiger partial charge in [0.1, 0.15) is 16.4 Å². The maximum Gasteiger partial charge on any atom is 0.326 e. The van der Waals surface area contributed by atoms with Crippen LogP contribution in [0.15, 0.2) is 18.2 Å². The summed E-state index contributed by atoms with van der Waals surface area (Å²) in [6.07, 6.45) is 0. The Morgan fingerprint density at radius 2 is 2.15 bits per heavy atom. The van der Waals surface area contributed by atoms with Gasteiger partial charge in [0, 0.05) is 6.07 Å². The van der Waals surface area contributed by atoms with Gasteiger partial charge < -0.3 is 10.4 Å². The highest BCUT2D eigenvalue weighted by Gasteiger charge is 2.16. The second kappa shape index (κ2) is 5.61. The highest BCUT2D eigenvalue weighted by atomic mass is 32.1. The van der Waals surface area contributed by atoms with E-state index in [1.165, 1.54) is 12.1 Å². The van der Waals surface area contributed by atoms with E-state index in [0.29, 0.717) is 5.69 Å². The van der Waals surface area contributed by atoms with Gasteiger partial charge >= 0.3 is 6.03 Å². The lowest BCUT2D eigenvalue weighted by Gasteiger charge is -2.07. The molecule has 0 atom stereocenters. The number of imide groups is 1. The summed E-state index contributed by atoms with van der Waals surface area (Å²) in [5.41, 5.74) is 0.239. The highest BCUT2D eigenvalue weighted by Crippen LogP contribution is 2.19. The summed E-state index contributed by atoms with van der Waals surface area (Å²) in [5, 5.41) is 16.9. The van der Waals surface area contributed by atoms with Crippen LogP contribution in [-0.2, 0) is 0 Å². The number of amides is 3. The Balaban J connectivity index is 2.03. The van der Waals surface area contributed by atoms with Crippen LogP contribution in [0.5, 0.6) is 5.75 Å². The number of halogens is 1. The van der Waals surface area contributed by atoms with E-state index in [2.05, 4.69) is 14.9 Å². The lowest BCUT2D eigenvalue weighted by molar-refractivity contribution is 0.0970. The molecule has 7 nitrogen and oxygen atoms in total. The molecule has 1 aromatic carbocycles. The Morgan fingerprint density at radius 3 is 2.75 bits per heavy atom. The molecule has 20 heavy (non-hydrogen) atoms. The molecule has 0 spiro atoms. The molecule has 104 valence electrons. The Bertz CT molecular complexity index is 673. The molecule has 3 amide bonds. The van der Waals surface area contributed by atoms with Crippen LogP contribution >= 0.6 is 11.5 Å². The number of aromatic hydroxyl groups is 1. The van der Waals surface area contributed by atoms with E-state index < -0.39 is 17.8 Å². The van der Waals surface area contributed by atoms with E-state index in [0.717, 1.165) is 17.6 Å². The summed E-state index contributed by atoms with van der Waals surface area (Å²) in [4.78, 5) is 23.4. The van der Waals surface area contributed by atoms with Gasteiger partial charge in [0.05, 0.1) is 11.4 Å². The van der Waals surface area contributed by atoms with Crippen molar-refractivity contribution in [1.82, 2.24) is 14.9 Å². The first-order valence-electron chi connectivity index (χ1n) is 5.37. The summed E-state index contributed by atoms with van der Waals surface area (Å²) in [5.74, 6) is -1.76. The zero-order valence-corrected chi connectivity index (χ0v) is 11.0. The smallest absolute Gasteiger partial charge is 0.326 e. The molecule has 0 aliphatic rings. The fourth-order valence-electron chi connectivity index (χ4n) is 1.36. The maximum absolute atomic E-state index is 13.4. The van der Waals surface area contributed by atoms with E-state index in [4.69, 9.17) is 5.11 Å². The van der Waals surface area contributed by atoms with Crippen LogP contribution in [0.2, 0.25) is 0 Å². The number of urea groups is 1.